The van der Waals surface area contributed by atoms with Crippen LogP contribution < -0.4 is 5.32 Å². The number of benzene rings is 1. The SMILES string of the molecule is O=C1NC[C@H](/C=C/C(O)Cc2ccccc2)N1CCC1(CCCc2nnn[nH]2)CC1. The van der Waals surface area contributed by atoms with E-state index < -0.39 is 6.10 Å². The molecule has 1 aliphatic carbocycles. The van der Waals surface area contributed by atoms with Crippen LogP contribution in [0.3, 0.4) is 0 Å². The number of carbonyl (C=O) groups excluding carboxylic acids is 1. The summed E-state index contributed by atoms with van der Waals surface area (Å²) in [6, 6.07) is 9.93. The van der Waals surface area contributed by atoms with Crippen molar-refractivity contribution in [3.05, 3.63) is 53.9 Å². The van der Waals surface area contributed by atoms with Crippen LogP contribution in [0.4, 0.5) is 4.79 Å². The van der Waals surface area contributed by atoms with E-state index in [9.17, 15) is 9.90 Å². The third-order valence-electron chi connectivity index (χ3n) is 6.32. The Kier molecular flexibility index (Phi) is 6.42. The third-order valence-corrected chi connectivity index (χ3v) is 6.32. The normalized spacial score (nSPS) is 21.2. The van der Waals surface area contributed by atoms with Crippen molar-refractivity contribution in [2.24, 2.45) is 5.41 Å². The molecule has 2 fully saturated rings. The molecule has 0 radical (unpaired) electrons. The highest BCUT2D eigenvalue weighted by atomic mass is 16.3. The largest absolute Gasteiger partial charge is 0.389 e. The number of hydrogen-bond acceptors (Lipinski definition) is 5. The minimum atomic E-state index is -0.551. The van der Waals surface area contributed by atoms with E-state index in [2.05, 4.69) is 25.9 Å². The maximum absolute atomic E-state index is 12.3. The van der Waals surface area contributed by atoms with Crippen LogP contribution in [0.15, 0.2) is 42.5 Å². The molecule has 2 heterocycles. The number of carbonyl (C=O) groups is 1. The summed E-state index contributed by atoms with van der Waals surface area (Å²) in [5.74, 6) is 0.837. The van der Waals surface area contributed by atoms with E-state index in [1.165, 1.54) is 12.8 Å². The number of aryl methyl sites for hydroxylation is 1. The first kappa shape index (κ1) is 20.5. The Morgan fingerprint density at radius 1 is 1.27 bits per heavy atom. The molecule has 1 aliphatic heterocycles. The molecular formula is C22H30N6O2. The van der Waals surface area contributed by atoms with E-state index in [1.54, 1.807) is 0 Å². The van der Waals surface area contributed by atoms with Gasteiger partial charge >= 0.3 is 6.03 Å². The monoisotopic (exact) mass is 410 g/mol. The number of amides is 2. The number of aliphatic hydroxyl groups excluding tert-OH is 1. The number of nitrogens with zero attached hydrogens (tertiary/aromatic N) is 4. The van der Waals surface area contributed by atoms with Crippen molar-refractivity contribution < 1.29 is 9.90 Å². The maximum atomic E-state index is 12.3. The minimum Gasteiger partial charge on any atom is -0.389 e. The van der Waals surface area contributed by atoms with Crippen molar-refractivity contribution in [3.8, 4) is 0 Å². The summed E-state index contributed by atoms with van der Waals surface area (Å²) in [6.45, 7) is 1.35. The molecule has 2 atom stereocenters. The summed E-state index contributed by atoms with van der Waals surface area (Å²) in [7, 11) is 0. The number of hydrogen-bond donors (Lipinski definition) is 3. The van der Waals surface area contributed by atoms with Crippen LogP contribution in [0.5, 0.6) is 0 Å². The Morgan fingerprint density at radius 2 is 2.10 bits per heavy atom. The molecule has 4 rings (SSSR count). The third kappa shape index (κ3) is 5.44. The van der Waals surface area contributed by atoms with Gasteiger partial charge in [0.25, 0.3) is 0 Å². The maximum Gasteiger partial charge on any atom is 0.318 e. The topological polar surface area (TPSA) is 107 Å². The molecule has 1 unspecified atom stereocenters. The smallest absolute Gasteiger partial charge is 0.318 e. The lowest BCUT2D eigenvalue weighted by molar-refractivity contribution is 0.201. The highest BCUT2D eigenvalue weighted by Crippen LogP contribution is 2.52. The van der Waals surface area contributed by atoms with Crippen molar-refractivity contribution in [2.45, 2.75) is 57.1 Å². The second-order valence-electron chi connectivity index (χ2n) is 8.54. The molecule has 30 heavy (non-hydrogen) atoms. The summed E-state index contributed by atoms with van der Waals surface area (Å²) in [4.78, 5) is 14.2. The average Bonchev–Trinajstić information content (AvgIpc) is 3.15. The van der Waals surface area contributed by atoms with Crippen molar-refractivity contribution in [1.82, 2.24) is 30.8 Å². The first-order valence-electron chi connectivity index (χ1n) is 10.8. The van der Waals surface area contributed by atoms with E-state index in [1.807, 2.05) is 47.4 Å². The van der Waals surface area contributed by atoms with Gasteiger partial charge in [-0.2, -0.15) is 0 Å². The van der Waals surface area contributed by atoms with Crippen molar-refractivity contribution >= 4 is 6.03 Å². The molecule has 2 aromatic rings. The van der Waals surface area contributed by atoms with Gasteiger partial charge in [0, 0.05) is 25.9 Å². The zero-order chi connectivity index (χ0) is 20.8. The number of urea groups is 1. The van der Waals surface area contributed by atoms with Crippen LogP contribution in [0.25, 0.3) is 0 Å². The Bertz CT molecular complexity index is 835. The summed E-state index contributed by atoms with van der Waals surface area (Å²) in [6.07, 6.45) is 10.4. The molecule has 8 nitrogen and oxygen atoms in total. The molecule has 3 N–H and O–H groups in total. The van der Waals surface area contributed by atoms with Crippen molar-refractivity contribution in [1.29, 1.82) is 0 Å². The van der Waals surface area contributed by atoms with Gasteiger partial charge in [0.1, 0.15) is 5.82 Å². The van der Waals surface area contributed by atoms with Crippen molar-refractivity contribution in [2.75, 3.05) is 13.1 Å². The van der Waals surface area contributed by atoms with Gasteiger partial charge in [0.05, 0.1) is 12.1 Å². The Labute approximate surface area is 176 Å². The predicted molar refractivity (Wildman–Crippen MR) is 113 cm³/mol. The van der Waals surface area contributed by atoms with Gasteiger partial charge < -0.3 is 15.3 Å². The van der Waals surface area contributed by atoms with E-state index in [0.717, 1.165) is 43.6 Å². The number of nitrogens with one attached hydrogen (secondary N) is 2. The van der Waals surface area contributed by atoms with Gasteiger partial charge in [0.2, 0.25) is 0 Å². The van der Waals surface area contributed by atoms with Crippen molar-refractivity contribution in [3.63, 3.8) is 0 Å². The zero-order valence-corrected chi connectivity index (χ0v) is 17.2. The van der Waals surface area contributed by atoms with Gasteiger partial charge in [-0.3, -0.25) is 0 Å². The van der Waals surface area contributed by atoms with Gasteiger partial charge in [0.15, 0.2) is 0 Å². The summed E-state index contributed by atoms with van der Waals surface area (Å²) < 4.78 is 0. The number of aromatic nitrogens is 4. The number of rotatable bonds is 11. The second-order valence-corrected chi connectivity index (χ2v) is 8.54. The predicted octanol–water partition coefficient (Wildman–Crippen LogP) is 2.25. The molecule has 0 spiro atoms. The molecule has 0 bridgehead atoms. The highest BCUT2D eigenvalue weighted by Gasteiger charge is 2.42. The molecular weight excluding hydrogens is 380 g/mol. The van der Waals surface area contributed by atoms with Gasteiger partial charge in [-0.1, -0.05) is 42.5 Å². The standard InChI is InChI=1S/C22H30N6O2/c29-19(15-17-5-2-1-3-6-17)9-8-18-16-23-21(30)28(18)14-13-22(11-12-22)10-4-7-20-24-26-27-25-20/h1-3,5-6,8-9,18-19,29H,4,7,10-16H2,(H,23,30)(H,24,25,26,27)/b9-8+/t18-,19?/m0/s1. The molecule has 1 saturated carbocycles. The molecule has 1 aromatic heterocycles. The Morgan fingerprint density at radius 3 is 2.83 bits per heavy atom. The Balaban J connectivity index is 1.24. The first-order chi connectivity index (χ1) is 14.6. The number of H-pyrrole nitrogens is 1. The lowest BCUT2D eigenvalue weighted by Gasteiger charge is -2.24. The van der Waals surface area contributed by atoms with E-state index >= 15 is 0 Å². The van der Waals surface area contributed by atoms with Gasteiger partial charge in [-0.15, -0.1) is 5.10 Å². The number of aliphatic hydroxyl groups is 1. The first-order valence-corrected chi connectivity index (χ1v) is 10.8. The summed E-state index contributed by atoms with van der Waals surface area (Å²) in [5, 5.41) is 27.3. The zero-order valence-electron chi connectivity index (χ0n) is 17.2. The summed E-state index contributed by atoms with van der Waals surface area (Å²) >= 11 is 0. The van der Waals surface area contributed by atoms with Crippen LogP contribution in [0, 0.1) is 5.41 Å². The summed E-state index contributed by atoms with van der Waals surface area (Å²) in [5.41, 5.74) is 1.46. The van der Waals surface area contributed by atoms with Crippen LogP contribution in [0.2, 0.25) is 0 Å². The number of tetrazole rings is 1. The minimum absolute atomic E-state index is 0.000934. The average molecular weight is 411 g/mol. The molecule has 8 heteroatoms. The van der Waals surface area contributed by atoms with Crippen LogP contribution in [-0.4, -0.2) is 61.9 Å². The van der Waals surface area contributed by atoms with Crippen LogP contribution in [0.1, 0.15) is 43.5 Å². The fourth-order valence-corrected chi connectivity index (χ4v) is 4.25. The highest BCUT2D eigenvalue weighted by molar-refractivity contribution is 5.77. The van der Waals surface area contributed by atoms with Gasteiger partial charge in [-0.05, 0) is 53.5 Å². The van der Waals surface area contributed by atoms with E-state index in [-0.39, 0.29) is 12.1 Å². The molecule has 160 valence electrons. The molecule has 2 aliphatic rings. The quantitative estimate of drug-likeness (QED) is 0.493. The van der Waals surface area contributed by atoms with Crippen LogP contribution in [-0.2, 0) is 12.8 Å². The molecule has 2 amide bonds. The number of aromatic amines is 1. The van der Waals surface area contributed by atoms with Gasteiger partial charge in [-0.25, -0.2) is 9.89 Å². The molecule has 1 saturated heterocycles. The molecule has 1 aromatic carbocycles. The Hall–Kier alpha value is -2.74. The fourth-order valence-electron chi connectivity index (χ4n) is 4.25. The van der Waals surface area contributed by atoms with E-state index in [4.69, 9.17) is 0 Å². The fraction of sp³-hybridized carbons (Fsp3) is 0.545. The van der Waals surface area contributed by atoms with E-state index in [0.29, 0.717) is 18.4 Å². The lowest BCUT2D eigenvalue weighted by Crippen LogP contribution is -2.35. The van der Waals surface area contributed by atoms with Crippen LogP contribution >= 0.6 is 0 Å². The lowest BCUT2D eigenvalue weighted by atomic mass is 9.94. The second kappa shape index (κ2) is 9.38.